The molecule has 1 heterocycles. The highest BCUT2D eigenvalue weighted by atomic mass is 32.1. The zero-order valence-electron chi connectivity index (χ0n) is 11.1. The van der Waals surface area contributed by atoms with Crippen LogP contribution in [0.3, 0.4) is 0 Å². The number of halogens is 3. The zero-order valence-corrected chi connectivity index (χ0v) is 12.0. The monoisotopic (exact) mass is 302 g/mol. The van der Waals surface area contributed by atoms with E-state index in [9.17, 15) is 13.2 Å². The molecule has 20 heavy (non-hydrogen) atoms. The lowest BCUT2D eigenvalue weighted by atomic mass is 10.2. The van der Waals surface area contributed by atoms with Crippen molar-refractivity contribution in [2.24, 2.45) is 7.05 Å². The summed E-state index contributed by atoms with van der Waals surface area (Å²) in [5.74, 6) is -1.03. The Hall–Kier alpha value is -1.83. The molecule has 2 rings (SSSR count). The summed E-state index contributed by atoms with van der Waals surface area (Å²) in [6, 6.07) is 6.62. The molecule has 0 saturated carbocycles. The van der Waals surface area contributed by atoms with Crippen molar-refractivity contribution in [3.05, 3.63) is 34.9 Å². The second kappa shape index (κ2) is 4.93. The molecule has 8 heteroatoms. The molecule has 0 bridgehead atoms. The summed E-state index contributed by atoms with van der Waals surface area (Å²) >= 11 is 5.00. The highest BCUT2D eigenvalue weighted by Crippen LogP contribution is 2.30. The second-order valence-corrected chi connectivity index (χ2v) is 4.84. The van der Waals surface area contributed by atoms with Crippen LogP contribution in [0.25, 0.3) is 5.69 Å². The zero-order chi connectivity index (χ0) is 15.1. The number of rotatable bonds is 2. The lowest BCUT2D eigenvalue weighted by molar-refractivity contribution is -0.146. The number of hydrogen-bond acceptors (Lipinski definition) is 3. The van der Waals surface area contributed by atoms with Crippen LogP contribution in [0.4, 0.5) is 18.9 Å². The Bertz CT molecular complexity index is 667. The quantitative estimate of drug-likeness (QED) is 0.798. The SMILES string of the molecule is CN(C)c1ccc(-n2c(C(F)(F)F)nn(C)c2=S)cc1. The first-order valence-corrected chi connectivity index (χ1v) is 6.13. The normalized spacial score (nSPS) is 11.7. The van der Waals surface area contributed by atoms with Gasteiger partial charge in [0.2, 0.25) is 10.6 Å². The van der Waals surface area contributed by atoms with E-state index in [4.69, 9.17) is 12.2 Å². The van der Waals surface area contributed by atoms with E-state index >= 15 is 0 Å². The Balaban J connectivity index is 2.60. The predicted molar refractivity (Wildman–Crippen MR) is 72.7 cm³/mol. The van der Waals surface area contributed by atoms with Crippen LogP contribution in [0.1, 0.15) is 5.82 Å². The van der Waals surface area contributed by atoms with Crippen LogP contribution in [-0.4, -0.2) is 28.4 Å². The molecule has 0 atom stereocenters. The molecule has 4 nitrogen and oxygen atoms in total. The average molecular weight is 302 g/mol. The third kappa shape index (κ3) is 2.55. The fourth-order valence-electron chi connectivity index (χ4n) is 1.78. The number of hydrogen-bond donors (Lipinski definition) is 0. The van der Waals surface area contributed by atoms with Gasteiger partial charge in [0.1, 0.15) is 0 Å². The van der Waals surface area contributed by atoms with Gasteiger partial charge in [-0.15, -0.1) is 5.10 Å². The molecule has 0 aliphatic carbocycles. The van der Waals surface area contributed by atoms with E-state index in [0.29, 0.717) is 5.69 Å². The maximum atomic E-state index is 13.0. The Morgan fingerprint density at radius 2 is 1.70 bits per heavy atom. The Morgan fingerprint density at radius 3 is 2.15 bits per heavy atom. The fourth-order valence-corrected chi connectivity index (χ4v) is 2.01. The van der Waals surface area contributed by atoms with Gasteiger partial charge < -0.3 is 4.90 Å². The molecule has 0 saturated heterocycles. The summed E-state index contributed by atoms with van der Waals surface area (Å²) in [7, 11) is 5.10. The summed E-state index contributed by atoms with van der Waals surface area (Å²) in [4.78, 5) is 1.86. The van der Waals surface area contributed by atoms with Crippen LogP contribution in [0, 0.1) is 4.77 Å². The largest absolute Gasteiger partial charge is 0.452 e. The van der Waals surface area contributed by atoms with Gasteiger partial charge in [-0.25, -0.2) is 4.68 Å². The third-order valence-electron chi connectivity index (χ3n) is 2.80. The molecule has 0 unspecified atom stereocenters. The van der Waals surface area contributed by atoms with Gasteiger partial charge in [0.25, 0.3) is 0 Å². The maximum absolute atomic E-state index is 13.0. The van der Waals surface area contributed by atoms with E-state index in [1.807, 2.05) is 19.0 Å². The smallest absolute Gasteiger partial charge is 0.378 e. The van der Waals surface area contributed by atoms with Crippen LogP contribution < -0.4 is 4.90 Å². The topological polar surface area (TPSA) is 26.0 Å². The number of aryl methyl sites for hydroxylation is 1. The van der Waals surface area contributed by atoms with Gasteiger partial charge in [-0.1, -0.05) is 0 Å². The first kappa shape index (κ1) is 14.6. The summed E-state index contributed by atoms with van der Waals surface area (Å²) in [6.07, 6.45) is -4.56. The summed E-state index contributed by atoms with van der Waals surface area (Å²) < 4.78 is 40.9. The minimum absolute atomic E-state index is 0.00470. The van der Waals surface area contributed by atoms with E-state index in [0.717, 1.165) is 14.9 Å². The van der Waals surface area contributed by atoms with Gasteiger partial charge in [0.15, 0.2) is 0 Å². The molecule has 1 aromatic carbocycles. The van der Waals surface area contributed by atoms with Crippen molar-refractivity contribution in [1.82, 2.24) is 14.3 Å². The van der Waals surface area contributed by atoms with E-state index in [2.05, 4.69) is 5.10 Å². The molecule has 0 radical (unpaired) electrons. The lowest BCUT2D eigenvalue weighted by Gasteiger charge is -2.14. The van der Waals surface area contributed by atoms with E-state index in [1.54, 1.807) is 24.3 Å². The van der Waals surface area contributed by atoms with Crippen LogP contribution in [0.15, 0.2) is 24.3 Å². The van der Waals surface area contributed by atoms with Gasteiger partial charge in [-0.2, -0.15) is 13.2 Å². The lowest BCUT2D eigenvalue weighted by Crippen LogP contribution is -2.14. The number of alkyl halides is 3. The third-order valence-corrected chi connectivity index (χ3v) is 3.25. The van der Waals surface area contributed by atoms with Crippen LogP contribution in [0.5, 0.6) is 0 Å². The maximum Gasteiger partial charge on any atom is 0.452 e. The Kier molecular flexibility index (Phi) is 3.59. The molecule has 2 aromatic rings. The fraction of sp³-hybridized carbons (Fsp3) is 0.333. The van der Waals surface area contributed by atoms with E-state index in [-0.39, 0.29) is 4.77 Å². The van der Waals surface area contributed by atoms with Gasteiger partial charge >= 0.3 is 6.18 Å². The number of benzene rings is 1. The summed E-state index contributed by atoms with van der Waals surface area (Å²) in [5.41, 5.74) is 1.22. The minimum atomic E-state index is -4.56. The average Bonchev–Trinajstić information content (AvgIpc) is 2.66. The van der Waals surface area contributed by atoms with Gasteiger partial charge in [0, 0.05) is 26.8 Å². The minimum Gasteiger partial charge on any atom is -0.378 e. The standard InChI is InChI=1S/C12H13F3N4S/c1-17(2)8-4-6-9(7-5-8)19-10(12(13,14)15)16-18(3)11(19)20/h4-7H,1-3H3. The van der Waals surface area contributed by atoms with Crippen molar-refractivity contribution in [3.8, 4) is 5.69 Å². The van der Waals surface area contributed by atoms with Gasteiger partial charge in [0.05, 0.1) is 5.69 Å². The molecule has 0 amide bonds. The first-order chi connectivity index (χ1) is 9.21. The Morgan fingerprint density at radius 1 is 1.15 bits per heavy atom. The van der Waals surface area contributed by atoms with Crippen molar-refractivity contribution >= 4 is 17.9 Å². The second-order valence-electron chi connectivity index (χ2n) is 4.47. The van der Waals surface area contributed by atoms with Crippen molar-refractivity contribution in [3.63, 3.8) is 0 Å². The highest BCUT2D eigenvalue weighted by molar-refractivity contribution is 7.71. The number of nitrogens with zero attached hydrogens (tertiary/aromatic N) is 4. The van der Waals surface area contributed by atoms with Crippen molar-refractivity contribution < 1.29 is 13.2 Å². The van der Waals surface area contributed by atoms with Crippen LogP contribution >= 0.6 is 12.2 Å². The molecule has 0 aliphatic heterocycles. The molecular weight excluding hydrogens is 289 g/mol. The van der Waals surface area contributed by atoms with Crippen LogP contribution in [-0.2, 0) is 13.2 Å². The number of aromatic nitrogens is 3. The Labute approximate surface area is 119 Å². The summed E-state index contributed by atoms with van der Waals surface area (Å²) in [6.45, 7) is 0. The van der Waals surface area contributed by atoms with E-state index in [1.165, 1.54) is 7.05 Å². The molecule has 0 fully saturated rings. The molecular formula is C12H13F3N4S. The first-order valence-electron chi connectivity index (χ1n) is 5.73. The molecule has 108 valence electrons. The molecule has 0 aliphatic rings. The summed E-state index contributed by atoms with van der Waals surface area (Å²) in [5, 5.41) is 3.46. The number of anilines is 1. The molecule has 0 N–H and O–H groups in total. The van der Waals surface area contributed by atoms with Crippen molar-refractivity contribution in [2.45, 2.75) is 6.18 Å². The molecule has 1 aromatic heterocycles. The highest BCUT2D eigenvalue weighted by Gasteiger charge is 2.38. The van der Waals surface area contributed by atoms with Gasteiger partial charge in [-0.3, -0.25) is 4.57 Å². The molecule has 0 spiro atoms. The van der Waals surface area contributed by atoms with Gasteiger partial charge in [-0.05, 0) is 36.5 Å². The van der Waals surface area contributed by atoms with Crippen LogP contribution in [0.2, 0.25) is 0 Å². The van der Waals surface area contributed by atoms with Crippen molar-refractivity contribution in [1.29, 1.82) is 0 Å². The van der Waals surface area contributed by atoms with Crippen molar-refractivity contribution in [2.75, 3.05) is 19.0 Å². The van der Waals surface area contributed by atoms with E-state index < -0.39 is 12.0 Å². The predicted octanol–water partition coefficient (Wildman–Crippen LogP) is 3.03.